The van der Waals surface area contributed by atoms with Crippen molar-refractivity contribution in [1.82, 2.24) is 20.2 Å². The first-order chi connectivity index (χ1) is 11.4. The first kappa shape index (κ1) is 16.5. The summed E-state index contributed by atoms with van der Waals surface area (Å²) in [5, 5.41) is 5.78. The van der Waals surface area contributed by atoms with Gasteiger partial charge in [0.25, 0.3) is 0 Å². The summed E-state index contributed by atoms with van der Waals surface area (Å²) in [6, 6.07) is 1.62. The molecule has 8 heteroatoms. The molecule has 2 fully saturated rings. The number of nitrogens with zero attached hydrogens (tertiary/aromatic N) is 3. The molecule has 1 unspecified atom stereocenters. The quantitative estimate of drug-likeness (QED) is 0.812. The van der Waals surface area contributed by atoms with E-state index < -0.39 is 0 Å². The molecule has 0 bridgehead atoms. The van der Waals surface area contributed by atoms with E-state index in [1.165, 1.54) is 13.4 Å². The molecule has 2 aliphatic heterocycles. The fraction of sp³-hybridized carbons (Fsp3) is 0.625. The molecule has 2 N–H and O–H groups in total. The fourth-order valence-electron chi connectivity index (χ4n) is 3.42. The van der Waals surface area contributed by atoms with Crippen LogP contribution in [0.4, 0.5) is 10.6 Å². The van der Waals surface area contributed by atoms with Crippen molar-refractivity contribution >= 4 is 17.8 Å². The van der Waals surface area contributed by atoms with Crippen LogP contribution in [0.15, 0.2) is 12.4 Å². The van der Waals surface area contributed by atoms with Gasteiger partial charge in [0.05, 0.1) is 12.5 Å². The molecule has 1 aromatic rings. The zero-order chi connectivity index (χ0) is 17.3. The van der Waals surface area contributed by atoms with Gasteiger partial charge in [-0.25, -0.2) is 14.8 Å². The molecule has 3 heterocycles. The highest BCUT2D eigenvalue weighted by molar-refractivity contribution is 5.89. The van der Waals surface area contributed by atoms with Crippen LogP contribution in [0.2, 0.25) is 0 Å². The molecule has 1 atom stereocenters. The van der Waals surface area contributed by atoms with Crippen molar-refractivity contribution in [3.63, 3.8) is 0 Å². The monoisotopic (exact) mass is 333 g/mol. The predicted octanol–water partition coefficient (Wildman–Crippen LogP) is 1.25. The standard InChI is InChI=1S/C16H23N5O3/c1-16(2)13(20-14(16)22)10-4-6-21(7-5-10)15(23)19-11-8-12(24-3)18-9-17-11/h8-10,13H,4-7H2,1-3H3,(H,20,22)(H,17,18,19,23). The van der Waals surface area contributed by atoms with Gasteiger partial charge >= 0.3 is 6.03 Å². The van der Waals surface area contributed by atoms with Crippen molar-refractivity contribution < 1.29 is 14.3 Å². The second-order valence-electron chi connectivity index (χ2n) is 6.87. The lowest BCUT2D eigenvalue weighted by Crippen LogP contribution is -2.68. The summed E-state index contributed by atoms with van der Waals surface area (Å²) >= 11 is 0. The minimum Gasteiger partial charge on any atom is -0.481 e. The van der Waals surface area contributed by atoms with Crippen molar-refractivity contribution in [2.24, 2.45) is 11.3 Å². The Hall–Kier alpha value is -2.38. The number of urea groups is 1. The van der Waals surface area contributed by atoms with Gasteiger partial charge in [-0.15, -0.1) is 0 Å². The van der Waals surface area contributed by atoms with Gasteiger partial charge in [0, 0.05) is 25.2 Å². The van der Waals surface area contributed by atoms with E-state index in [1.54, 1.807) is 11.0 Å². The maximum atomic E-state index is 12.4. The largest absolute Gasteiger partial charge is 0.481 e. The number of β-lactam (4-membered cyclic amide) rings is 1. The average molecular weight is 333 g/mol. The smallest absolute Gasteiger partial charge is 0.323 e. The zero-order valence-corrected chi connectivity index (χ0v) is 14.2. The van der Waals surface area contributed by atoms with E-state index in [0.29, 0.717) is 30.7 Å². The number of carbonyl (C=O) groups excluding carboxylic acids is 2. The minimum atomic E-state index is -0.299. The van der Waals surface area contributed by atoms with Crippen LogP contribution in [0.1, 0.15) is 26.7 Å². The Morgan fingerprint density at radius 3 is 2.67 bits per heavy atom. The summed E-state index contributed by atoms with van der Waals surface area (Å²) in [7, 11) is 1.51. The number of ether oxygens (including phenoxy) is 1. The molecular weight excluding hydrogens is 310 g/mol. The van der Waals surface area contributed by atoms with E-state index in [9.17, 15) is 9.59 Å². The zero-order valence-electron chi connectivity index (χ0n) is 14.2. The lowest BCUT2D eigenvalue weighted by atomic mass is 9.68. The predicted molar refractivity (Wildman–Crippen MR) is 87.6 cm³/mol. The van der Waals surface area contributed by atoms with Crippen LogP contribution in [-0.4, -0.2) is 53.0 Å². The maximum Gasteiger partial charge on any atom is 0.323 e. The lowest BCUT2D eigenvalue weighted by Gasteiger charge is -2.50. The van der Waals surface area contributed by atoms with Crippen molar-refractivity contribution in [3.05, 3.63) is 12.4 Å². The number of nitrogens with one attached hydrogen (secondary N) is 2. The third kappa shape index (κ3) is 3.00. The normalized spacial score (nSPS) is 23.2. The molecule has 0 radical (unpaired) electrons. The van der Waals surface area contributed by atoms with Crippen LogP contribution in [0, 0.1) is 11.3 Å². The second-order valence-corrected chi connectivity index (χ2v) is 6.87. The van der Waals surface area contributed by atoms with Crippen molar-refractivity contribution in [2.75, 3.05) is 25.5 Å². The number of aromatic nitrogens is 2. The maximum absolute atomic E-state index is 12.4. The highest BCUT2D eigenvalue weighted by atomic mass is 16.5. The molecule has 3 amide bonds. The van der Waals surface area contributed by atoms with Crippen LogP contribution in [0.5, 0.6) is 5.88 Å². The third-order valence-corrected chi connectivity index (χ3v) is 5.03. The number of rotatable bonds is 3. The molecule has 3 rings (SSSR count). The average Bonchev–Trinajstić information content (AvgIpc) is 2.60. The van der Waals surface area contributed by atoms with Crippen molar-refractivity contribution in [3.8, 4) is 5.88 Å². The Morgan fingerprint density at radius 2 is 2.08 bits per heavy atom. The molecule has 0 aliphatic carbocycles. The molecule has 2 aliphatic rings. The fourth-order valence-corrected chi connectivity index (χ4v) is 3.42. The number of hydrogen-bond donors (Lipinski definition) is 2. The number of carbonyl (C=O) groups is 2. The van der Waals surface area contributed by atoms with Gasteiger partial charge in [-0.1, -0.05) is 0 Å². The number of methoxy groups -OCH3 is 1. The van der Waals surface area contributed by atoms with E-state index in [4.69, 9.17) is 4.74 Å². The Labute approximate surface area is 141 Å². The van der Waals surface area contributed by atoms with Gasteiger partial charge in [-0.2, -0.15) is 0 Å². The summed E-state index contributed by atoms with van der Waals surface area (Å²) in [6.07, 6.45) is 3.12. The van der Waals surface area contributed by atoms with Gasteiger partial charge in [0.2, 0.25) is 11.8 Å². The lowest BCUT2D eigenvalue weighted by molar-refractivity contribution is -0.146. The highest BCUT2D eigenvalue weighted by Gasteiger charge is 2.51. The van der Waals surface area contributed by atoms with Crippen molar-refractivity contribution in [1.29, 1.82) is 0 Å². The Bertz CT molecular complexity index is 640. The van der Waals surface area contributed by atoms with Gasteiger partial charge < -0.3 is 15.0 Å². The topological polar surface area (TPSA) is 96.5 Å². The second kappa shape index (κ2) is 6.26. The number of hydrogen-bond acceptors (Lipinski definition) is 5. The minimum absolute atomic E-state index is 0.116. The van der Waals surface area contributed by atoms with Crippen LogP contribution >= 0.6 is 0 Å². The first-order valence-electron chi connectivity index (χ1n) is 8.14. The van der Waals surface area contributed by atoms with Crippen LogP contribution in [0.3, 0.4) is 0 Å². The first-order valence-corrected chi connectivity index (χ1v) is 8.14. The van der Waals surface area contributed by atoms with E-state index in [0.717, 1.165) is 12.8 Å². The van der Waals surface area contributed by atoms with Gasteiger partial charge in [0.1, 0.15) is 12.1 Å². The van der Waals surface area contributed by atoms with E-state index in [2.05, 4.69) is 20.6 Å². The SMILES string of the molecule is COc1cc(NC(=O)N2CCC(C3NC(=O)C3(C)C)CC2)ncn1. The van der Waals surface area contributed by atoms with Crippen molar-refractivity contribution in [2.45, 2.75) is 32.7 Å². The summed E-state index contributed by atoms with van der Waals surface area (Å²) in [6.45, 7) is 5.30. The Morgan fingerprint density at radius 1 is 1.38 bits per heavy atom. The third-order valence-electron chi connectivity index (χ3n) is 5.03. The molecule has 1 aromatic heterocycles. The van der Waals surface area contributed by atoms with Gasteiger partial charge in [-0.05, 0) is 32.6 Å². The number of anilines is 1. The van der Waals surface area contributed by atoms with E-state index in [-0.39, 0.29) is 23.4 Å². The summed E-state index contributed by atoms with van der Waals surface area (Å²) < 4.78 is 5.02. The summed E-state index contributed by atoms with van der Waals surface area (Å²) in [5.41, 5.74) is -0.299. The Balaban J connectivity index is 1.53. The van der Waals surface area contributed by atoms with Crippen LogP contribution in [0.25, 0.3) is 0 Å². The van der Waals surface area contributed by atoms with E-state index in [1.807, 2.05) is 13.8 Å². The van der Waals surface area contributed by atoms with Gasteiger partial charge in [0.15, 0.2) is 0 Å². The molecule has 130 valence electrons. The highest BCUT2D eigenvalue weighted by Crippen LogP contribution is 2.38. The molecule has 0 aromatic carbocycles. The molecule has 0 spiro atoms. The van der Waals surface area contributed by atoms with Crippen LogP contribution in [-0.2, 0) is 4.79 Å². The molecule has 0 saturated carbocycles. The van der Waals surface area contributed by atoms with E-state index >= 15 is 0 Å². The van der Waals surface area contributed by atoms with Crippen LogP contribution < -0.4 is 15.4 Å². The molecule has 8 nitrogen and oxygen atoms in total. The number of piperidine rings is 1. The molecular formula is C16H23N5O3. The summed E-state index contributed by atoms with van der Waals surface area (Å²) in [5.74, 6) is 1.36. The molecule has 2 saturated heterocycles. The number of likely N-dealkylation sites (tertiary alicyclic amines) is 1. The molecule has 24 heavy (non-hydrogen) atoms. The number of amides is 3. The Kier molecular flexibility index (Phi) is 4.29. The van der Waals surface area contributed by atoms with Gasteiger partial charge in [-0.3, -0.25) is 10.1 Å². The summed E-state index contributed by atoms with van der Waals surface area (Å²) in [4.78, 5) is 33.7.